The first-order valence-electron chi connectivity index (χ1n) is 8.99. The van der Waals surface area contributed by atoms with Gasteiger partial charge in [0.15, 0.2) is 0 Å². The summed E-state index contributed by atoms with van der Waals surface area (Å²) in [5.41, 5.74) is 1.48. The fourth-order valence-corrected chi connectivity index (χ4v) is 4.58. The molecule has 1 aromatic heterocycles. The molecule has 2 N–H and O–H groups in total. The van der Waals surface area contributed by atoms with Gasteiger partial charge >= 0.3 is 0 Å². The minimum atomic E-state index is -3.53. The lowest BCUT2D eigenvalue weighted by Crippen LogP contribution is -2.34. The van der Waals surface area contributed by atoms with Gasteiger partial charge in [0.1, 0.15) is 5.52 Å². The van der Waals surface area contributed by atoms with Crippen molar-refractivity contribution in [3.05, 3.63) is 53.7 Å². The van der Waals surface area contributed by atoms with Crippen LogP contribution in [0.3, 0.4) is 0 Å². The van der Waals surface area contributed by atoms with Gasteiger partial charge in [-0.05, 0) is 48.1 Å². The van der Waals surface area contributed by atoms with Crippen LogP contribution in [0.5, 0.6) is 0 Å². The number of aromatic nitrogens is 3. The van der Waals surface area contributed by atoms with E-state index in [9.17, 15) is 13.6 Å². The van der Waals surface area contributed by atoms with Crippen molar-refractivity contribution in [1.29, 1.82) is 0 Å². The van der Waals surface area contributed by atoms with Crippen LogP contribution in [0.25, 0.3) is 11.0 Å². The Morgan fingerprint density at radius 2 is 1.86 bits per heavy atom. The van der Waals surface area contributed by atoms with E-state index in [0.717, 1.165) is 13.0 Å². The maximum absolute atomic E-state index is 12.8. The largest absolute Gasteiger partial charge is 0.594 e. The molecule has 146 valence electrons. The molecule has 0 aliphatic carbocycles. The molecule has 2 aromatic carbocycles. The van der Waals surface area contributed by atoms with Crippen molar-refractivity contribution in [2.45, 2.75) is 11.3 Å². The number of nitrogens with one attached hydrogen (secondary N) is 2. The van der Waals surface area contributed by atoms with Gasteiger partial charge in [0.25, 0.3) is 11.5 Å². The Kier molecular flexibility index (Phi) is 5.07. The number of para-hydroxylation sites is 2. The van der Waals surface area contributed by atoms with Gasteiger partial charge in [-0.15, -0.1) is 0 Å². The minimum Gasteiger partial charge on any atom is -0.594 e. The number of fused-ring (bicyclic) bond motifs is 1. The number of nitrogens with zero attached hydrogens (tertiary/aromatic N) is 4. The summed E-state index contributed by atoms with van der Waals surface area (Å²) in [5, 5.41) is 22.0. The van der Waals surface area contributed by atoms with Gasteiger partial charge in [-0.2, -0.15) is 4.31 Å². The first kappa shape index (κ1) is 18.5. The molecule has 0 bridgehead atoms. The van der Waals surface area contributed by atoms with Crippen LogP contribution < -0.4 is 15.5 Å². The third kappa shape index (κ3) is 3.75. The van der Waals surface area contributed by atoms with Crippen LogP contribution in [0.4, 0.5) is 11.6 Å². The van der Waals surface area contributed by atoms with E-state index in [1.54, 1.807) is 48.5 Å². The molecule has 9 nitrogen and oxygen atoms in total. The van der Waals surface area contributed by atoms with Gasteiger partial charge in [-0.3, -0.25) is 0 Å². The Labute approximate surface area is 162 Å². The maximum Gasteiger partial charge on any atom is 0.295 e. The summed E-state index contributed by atoms with van der Waals surface area (Å²) in [6.07, 6.45) is 0.785. The highest BCUT2D eigenvalue weighted by atomic mass is 32.2. The van der Waals surface area contributed by atoms with E-state index in [-0.39, 0.29) is 10.8 Å². The molecule has 28 heavy (non-hydrogen) atoms. The van der Waals surface area contributed by atoms with Crippen LogP contribution in [0.1, 0.15) is 6.42 Å². The molecule has 0 radical (unpaired) electrons. The zero-order valence-electron chi connectivity index (χ0n) is 15.1. The topological polar surface area (TPSA) is 114 Å². The highest BCUT2D eigenvalue weighted by Crippen LogP contribution is 2.21. The molecule has 1 fully saturated rings. The summed E-state index contributed by atoms with van der Waals surface area (Å²) in [6.45, 7) is 2.42. The first-order chi connectivity index (χ1) is 13.5. The molecule has 1 aliphatic heterocycles. The molecular formula is C18H20N6O3S. The Bertz CT molecular complexity index is 1080. The summed E-state index contributed by atoms with van der Waals surface area (Å²) in [6, 6.07) is 13.3. The molecule has 1 aliphatic rings. The molecule has 2 heterocycles. The van der Waals surface area contributed by atoms with E-state index in [1.165, 1.54) is 4.31 Å². The van der Waals surface area contributed by atoms with Crippen molar-refractivity contribution >= 4 is 32.7 Å². The fourth-order valence-electron chi connectivity index (χ4n) is 3.10. The second-order valence-electron chi connectivity index (χ2n) is 6.45. The number of anilines is 2. The van der Waals surface area contributed by atoms with Gasteiger partial charge in [0.2, 0.25) is 10.0 Å². The molecule has 0 saturated carbocycles. The van der Waals surface area contributed by atoms with Gasteiger partial charge in [-0.1, -0.05) is 12.1 Å². The number of hydrogen-bond acceptors (Lipinski definition) is 7. The van der Waals surface area contributed by atoms with E-state index in [4.69, 9.17) is 0 Å². The Morgan fingerprint density at radius 1 is 1.07 bits per heavy atom. The first-order valence-corrected chi connectivity index (χ1v) is 10.4. The summed E-state index contributed by atoms with van der Waals surface area (Å²) >= 11 is 0. The number of benzene rings is 2. The lowest BCUT2D eigenvalue weighted by molar-refractivity contribution is -0.641. The van der Waals surface area contributed by atoms with Crippen LogP contribution in [0, 0.1) is 5.21 Å². The standard InChI is InChI=1S/C18H20N6O3S/c25-24-17-5-2-1-4-16(17)21-18(22-24)20-14-6-8-15(9-7-14)28(26,27)23-12-3-10-19-11-13-23/h1-2,4-9,19H,3,10-13H2,(H,20,21,22). The predicted octanol–water partition coefficient (Wildman–Crippen LogP) is 0.991. The number of rotatable bonds is 4. The highest BCUT2D eigenvalue weighted by Gasteiger charge is 2.24. The van der Waals surface area contributed by atoms with Crippen molar-refractivity contribution in [3.8, 4) is 0 Å². The van der Waals surface area contributed by atoms with Crippen LogP contribution in [0.15, 0.2) is 53.4 Å². The molecular weight excluding hydrogens is 380 g/mol. The molecule has 0 atom stereocenters. The quantitative estimate of drug-likeness (QED) is 0.496. The van der Waals surface area contributed by atoms with Crippen molar-refractivity contribution in [1.82, 2.24) is 19.7 Å². The molecule has 0 unspecified atom stereocenters. The molecule has 0 amide bonds. The van der Waals surface area contributed by atoms with Gasteiger partial charge < -0.3 is 15.8 Å². The monoisotopic (exact) mass is 400 g/mol. The lowest BCUT2D eigenvalue weighted by atomic mass is 10.3. The zero-order chi connectivity index (χ0) is 19.6. The van der Waals surface area contributed by atoms with E-state index in [2.05, 4.69) is 20.7 Å². The normalized spacial score (nSPS) is 16.0. The van der Waals surface area contributed by atoms with E-state index in [0.29, 0.717) is 41.2 Å². The van der Waals surface area contributed by atoms with Crippen LogP contribution in [-0.4, -0.2) is 49.0 Å². The average molecular weight is 400 g/mol. The molecule has 3 aromatic rings. The van der Waals surface area contributed by atoms with Gasteiger partial charge in [0.05, 0.1) is 9.99 Å². The second-order valence-corrected chi connectivity index (χ2v) is 8.39. The predicted molar refractivity (Wildman–Crippen MR) is 104 cm³/mol. The van der Waals surface area contributed by atoms with Crippen molar-refractivity contribution < 1.29 is 13.3 Å². The summed E-state index contributed by atoms with van der Waals surface area (Å²) in [4.78, 5) is 5.06. The smallest absolute Gasteiger partial charge is 0.295 e. The Morgan fingerprint density at radius 3 is 2.68 bits per heavy atom. The van der Waals surface area contributed by atoms with Crippen molar-refractivity contribution in [2.24, 2.45) is 0 Å². The maximum atomic E-state index is 12.8. The highest BCUT2D eigenvalue weighted by molar-refractivity contribution is 7.89. The third-order valence-electron chi connectivity index (χ3n) is 4.55. The summed E-state index contributed by atoms with van der Waals surface area (Å²) < 4.78 is 27.1. The second kappa shape index (κ2) is 7.66. The third-order valence-corrected chi connectivity index (χ3v) is 6.46. The zero-order valence-corrected chi connectivity index (χ0v) is 15.9. The molecule has 0 spiro atoms. The van der Waals surface area contributed by atoms with Crippen LogP contribution in [0.2, 0.25) is 0 Å². The Balaban J connectivity index is 1.55. The molecule has 10 heteroatoms. The Hall–Kier alpha value is -2.82. The molecule has 1 saturated heterocycles. The number of sulfonamides is 1. The number of hydrogen-bond donors (Lipinski definition) is 2. The minimum absolute atomic E-state index is 0.142. The van der Waals surface area contributed by atoms with E-state index >= 15 is 0 Å². The van der Waals surface area contributed by atoms with Crippen LogP contribution in [-0.2, 0) is 10.0 Å². The lowest BCUT2D eigenvalue weighted by Gasteiger charge is -2.19. The van der Waals surface area contributed by atoms with Crippen LogP contribution >= 0.6 is 0 Å². The van der Waals surface area contributed by atoms with E-state index in [1.807, 2.05) is 0 Å². The van der Waals surface area contributed by atoms with Gasteiger partial charge in [0, 0.05) is 31.4 Å². The molecule has 4 rings (SSSR count). The summed E-state index contributed by atoms with van der Waals surface area (Å²) in [7, 11) is -3.53. The van der Waals surface area contributed by atoms with Gasteiger partial charge in [-0.25, -0.2) is 13.4 Å². The SMILES string of the molecule is O=S(=O)(c1ccc(Nc2nc3ccccc3[n+]([O-])n2)cc1)N1CCCNCC1. The summed E-state index contributed by atoms with van der Waals surface area (Å²) in [5.74, 6) is 0.142. The van der Waals surface area contributed by atoms with Crippen molar-refractivity contribution in [3.63, 3.8) is 0 Å². The van der Waals surface area contributed by atoms with E-state index < -0.39 is 10.0 Å². The van der Waals surface area contributed by atoms with Crippen molar-refractivity contribution in [2.75, 3.05) is 31.5 Å². The fraction of sp³-hybridized carbons (Fsp3) is 0.278. The average Bonchev–Trinajstić information content (AvgIpc) is 2.99.